The predicted molar refractivity (Wildman–Crippen MR) is 113 cm³/mol. The zero-order chi connectivity index (χ0) is 20.1. The second-order valence-electron chi connectivity index (χ2n) is 6.02. The van der Waals surface area contributed by atoms with E-state index in [-0.39, 0.29) is 11.7 Å². The first-order valence-corrected chi connectivity index (χ1v) is 10.2. The SMILES string of the molecule is Cc1cccc(Nc2nnc(SCC(=O)Nc3ccc(C(N)=O)cc3)s2)c1C. The van der Waals surface area contributed by atoms with Gasteiger partial charge in [-0.05, 0) is 55.3 Å². The molecule has 0 bridgehead atoms. The number of amides is 2. The van der Waals surface area contributed by atoms with Gasteiger partial charge in [0, 0.05) is 16.9 Å². The summed E-state index contributed by atoms with van der Waals surface area (Å²) in [4.78, 5) is 23.2. The van der Waals surface area contributed by atoms with Gasteiger partial charge >= 0.3 is 0 Å². The molecule has 7 nitrogen and oxygen atoms in total. The maximum Gasteiger partial charge on any atom is 0.248 e. The van der Waals surface area contributed by atoms with Gasteiger partial charge in [-0.15, -0.1) is 10.2 Å². The lowest BCUT2D eigenvalue weighted by Crippen LogP contribution is -2.14. The molecule has 144 valence electrons. The number of benzene rings is 2. The molecule has 3 rings (SSSR count). The summed E-state index contributed by atoms with van der Waals surface area (Å²) in [6.07, 6.45) is 0. The van der Waals surface area contributed by atoms with Crippen molar-refractivity contribution in [3.8, 4) is 0 Å². The van der Waals surface area contributed by atoms with Gasteiger partial charge in [-0.2, -0.15) is 0 Å². The van der Waals surface area contributed by atoms with E-state index in [1.165, 1.54) is 28.7 Å². The van der Waals surface area contributed by atoms with Crippen molar-refractivity contribution in [3.05, 3.63) is 59.2 Å². The average molecular weight is 414 g/mol. The molecule has 2 aromatic carbocycles. The van der Waals surface area contributed by atoms with Gasteiger partial charge < -0.3 is 16.4 Å². The molecule has 9 heteroatoms. The number of nitrogens with two attached hydrogens (primary N) is 1. The van der Waals surface area contributed by atoms with Gasteiger partial charge in [-0.1, -0.05) is 35.2 Å². The molecule has 1 heterocycles. The van der Waals surface area contributed by atoms with Crippen molar-refractivity contribution in [1.82, 2.24) is 10.2 Å². The van der Waals surface area contributed by atoms with Gasteiger partial charge in [-0.3, -0.25) is 9.59 Å². The maximum atomic E-state index is 12.1. The zero-order valence-corrected chi connectivity index (χ0v) is 17.0. The number of aromatic nitrogens is 2. The zero-order valence-electron chi connectivity index (χ0n) is 15.4. The molecule has 0 aliphatic heterocycles. The minimum atomic E-state index is -0.505. The first kappa shape index (κ1) is 19.8. The van der Waals surface area contributed by atoms with Crippen LogP contribution in [0.1, 0.15) is 21.5 Å². The van der Waals surface area contributed by atoms with E-state index in [1.54, 1.807) is 24.3 Å². The fourth-order valence-corrected chi connectivity index (χ4v) is 3.93. The summed E-state index contributed by atoms with van der Waals surface area (Å²) in [5.74, 6) is -0.471. The molecule has 1 aromatic heterocycles. The van der Waals surface area contributed by atoms with Gasteiger partial charge in [0.2, 0.25) is 16.9 Å². The van der Waals surface area contributed by atoms with Crippen molar-refractivity contribution in [2.45, 2.75) is 18.2 Å². The molecule has 0 aliphatic carbocycles. The minimum Gasteiger partial charge on any atom is -0.366 e. The Bertz CT molecular complexity index is 1000. The number of rotatable bonds is 7. The Morgan fingerprint density at radius 1 is 1.11 bits per heavy atom. The van der Waals surface area contributed by atoms with E-state index in [4.69, 9.17) is 5.73 Å². The number of aryl methyl sites for hydroxylation is 1. The van der Waals surface area contributed by atoms with Crippen molar-refractivity contribution in [2.24, 2.45) is 5.73 Å². The number of carbonyl (C=O) groups excluding carboxylic acids is 2. The van der Waals surface area contributed by atoms with E-state index < -0.39 is 5.91 Å². The number of hydrogen-bond donors (Lipinski definition) is 3. The standard InChI is InChI=1S/C19H19N5O2S2/c1-11-4-3-5-15(12(11)2)22-18-23-24-19(28-18)27-10-16(25)21-14-8-6-13(7-9-14)17(20)26/h3-9H,10H2,1-2H3,(H2,20,26)(H,21,25)(H,22,23). The Kier molecular flexibility index (Phi) is 6.27. The Morgan fingerprint density at radius 3 is 2.57 bits per heavy atom. The van der Waals surface area contributed by atoms with Crippen LogP contribution < -0.4 is 16.4 Å². The highest BCUT2D eigenvalue weighted by Gasteiger charge is 2.10. The third-order valence-corrected chi connectivity index (χ3v) is 6.00. The summed E-state index contributed by atoms with van der Waals surface area (Å²) >= 11 is 2.71. The van der Waals surface area contributed by atoms with E-state index in [0.29, 0.717) is 20.7 Å². The summed E-state index contributed by atoms with van der Waals surface area (Å²) in [5.41, 5.74) is 9.54. The maximum absolute atomic E-state index is 12.1. The largest absolute Gasteiger partial charge is 0.366 e. The third kappa shape index (κ3) is 5.08. The normalized spacial score (nSPS) is 10.5. The minimum absolute atomic E-state index is 0.170. The van der Waals surface area contributed by atoms with Gasteiger partial charge in [0.1, 0.15) is 0 Å². The Morgan fingerprint density at radius 2 is 1.86 bits per heavy atom. The van der Waals surface area contributed by atoms with Crippen LogP contribution >= 0.6 is 23.1 Å². The molecule has 4 N–H and O–H groups in total. The van der Waals surface area contributed by atoms with Gasteiger partial charge in [-0.25, -0.2) is 0 Å². The summed E-state index contributed by atoms with van der Waals surface area (Å²) in [6.45, 7) is 4.11. The summed E-state index contributed by atoms with van der Waals surface area (Å²) in [5, 5.41) is 15.0. The van der Waals surface area contributed by atoms with Crippen LogP contribution in [0, 0.1) is 13.8 Å². The lowest BCUT2D eigenvalue weighted by molar-refractivity contribution is -0.113. The van der Waals surface area contributed by atoms with Crippen molar-refractivity contribution in [1.29, 1.82) is 0 Å². The molecule has 0 saturated carbocycles. The van der Waals surface area contributed by atoms with Crippen LogP contribution in [0.5, 0.6) is 0 Å². The lowest BCUT2D eigenvalue weighted by atomic mass is 10.1. The van der Waals surface area contributed by atoms with E-state index in [9.17, 15) is 9.59 Å². The van der Waals surface area contributed by atoms with Crippen molar-refractivity contribution >= 4 is 51.4 Å². The second-order valence-corrected chi connectivity index (χ2v) is 8.22. The van der Waals surface area contributed by atoms with Gasteiger partial charge in [0.25, 0.3) is 0 Å². The number of carbonyl (C=O) groups is 2. The average Bonchev–Trinajstić information content (AvgIpc) is 3.12. The molecule has 0 fully saturated rings. The summed E-state index contributed by atoms with van der Waals surface area (Å²) in [7, 11) is 0. The van der Waals surface area contributed by atoms with Crippen LogP contribution in [0.4, 0.5) is 16.5 Å². The first-order chi connectivity index (χ1) is 13.4. The Labute approximate surface area is 170 Å². The highest BCUT2D eigenvalue weighted by Crippen LogP contribution is 2.29. The fraction of sp³-hybridized carbons (Fsp3) is 0.158. The first-order valence-electron chi connectivity index (χ1n) is 8.41. The number of anilines is 3. The third-order valence-electron chi connectivity index (χ3n) is 4.03. The number of hydrogen-bond acceptors (Lipinski definition) is 7. The van der Waals surface area contributed by atoms with Crippen LogP contribution in [0.25, 0.3) is 0 Å². The second kappa shape index (κ2) is 8.85. The van der Waals surface area contributed by atoms with E-state index in [2.05, 4.69) is 40.7 Å². The molecule has 0 saturated heterocycles. The number of primary amides is 1. The monoisotopic (exact) mass is 413 g/mol. The van der Waals surface area contributed by atoms with Crippen LogP contribution in [0.3, 0.4) is 0 Å². The lowest BCUT2D eigenvalue weighted by Gasteiger charge is -2.08. The van der Waals surface area contributed by atoms with E-state index in [0.717, 1.165) is 11.3 Å². The number of thioether (sulfide) groups is 1. The Hall–Kier alpha value is -2.91. The van der Waals surface area contributed by atoms with Crippen molar-refractivity contribution < 1.29 is 9.59 Å². The van der Waals surface area contributed by atoms with E-state index in [1.807, 2.05) is 12.1 Å². The highest BCUT2D eigenvalue weighted by molar-refractivity contribution is 8.01. The van der Waals surface area contributed by atoms with Crippen LogP contribution in [0.2, 0.25) is 0 Å². The molecule has 0 radical (unpaired) electrons. The smallest absolute Gasteiger partial charge is 0.248 e. The topological polar surface area (TPSA) is 110 Å². The van der Waals surface area contributed by atoms with Gasteiger partial charge in [0.15, 0.2) is 4.34 Å². The number of nitrogens with zero attached hydrogens (tertiary/aromatic N) is 2. The molecule has 0 unspecified atom stereocenters. The van der Waals surface area contributed by atoms with Crippen molar-refractivity contribution in [2.75, 3.05) is 16.4 Å². The molecule has 0 aliphatic rings. The summed E-state index contributed by atoms with van der Waals surface area (Å²) in [6, 6.07) is 12.5. The number of nitrogens with one attached hydrogen (secondary N) is 2. The fourth-order valence-electron chi connectivity index (χ4n) is 2.36. The van der Waals surface area contributed by atoms with Crippen molar-refractivity contribution in [3.63, 3.8) is 0 Å². The quantitative estimate of drug-likeness (QED) is 0.509. The van der Waals surface area contributed by atoms with E-state index >= 15 is 0 Å². The van der Waals surface area contributed by atoms with Crippen LogP contribution in [-0.4, -0.2) is 27.8 Å². The van der Waals surface area contributed by atoms with Crippen LogP contribution in [0.15, 0.2) is 46.8 Å². The molecular weight excluding hydrogens is 394 g/mol. The van der Waals surface area contributed by atoms with Crippen LogP contribution in [-0.2, 0) is 4.79 Å². The molecule has 28 heavy (non-hydrogen) atoms. The molecular formula is C19H19N5O2S2. The predicted octanol–water partition coefficient (Wildman–Crippen LogP) is 3.73. The summed E-state index contributed by atoms with van der Waals surface area (Å²) < 4.78 is 0.701. The molecule has 2 amide bonds. The molecule has 0 spiro atoms. The molecule has 3 aromatic rings. The molecule has 0 atom stereocenters. The van der Waals surface area contributed by atoms with Gasteiger partial charge in [0.05, 0.1) is 5.75 Å². The highest BCUT2D eigenvalue weighted by atomic mass is 32.2. The Balaban J connectivity index is 1.53.